The summed E-state index contributed by atoms with van der Waals surface area (Å²) in [6.07, 6.45) is 0.715. The van der Waals surface area contributed by atoms with Crippen molar-refractivity contribution in [1.82, 2.24) is 5.32 Å². The maximum atomic E-state index is 13.1. The summed E-state index contributed by atoms with van der Waals surface area (Å²) >= 11 is 0. The van der Waals surface area contributed by atoms with E-state index in [1.807, 2.05) is 7.05 Å². The quantitative estimate of drug-likeness (QED) is 0.833. The Bertz CT molecular complexity index is 363. The van der Waals surface area contributed by atoms with Crippen LogP contribution < -0.4 is 5.32 Å². The molecule has 0 aliphatic rings. The van der Waals surface area contributed by atoms with Crippen LogP contribution in [0.25, 0.3) is 0 Å². The molecule has 1 aromatic rings. The second-order valence-corrected chi connectivity index (χ2v) is 4.95. The number of hydrogen-bond acceptors (Lipinski definition) is 1. The van der Waals surface area contributed by atoms with Crippen LogP contribution >= 0.6 is 0 Å². The van der Waals surface area contributed by atoms with Crippen LogP contribution in [0, 0.1) is 23.5 Å². The van der Waals surface area contributed by atoms with Crippen molar-refractivity contribution in [2.75, 3.05) is 7.05 Å². The summed E-state index contributed by atoms with van der Waals surface area (Å²) in [5.41, 5.74) is 0.829. The molecule has 1 nitrogen and oxygen atoms in total. The number of halogens is 2. The van der Waals surface area contributed by atoms with Crippen molar-refractivity contribution in [3.63, 3.8) is 0 Å². The van der Waals surface area contributed by atoms with Crippen molar-refractivity contribution in [1.29, 1.82) is 0 Å². The molecule has 1 rings (SSSR count). The van der Waals surface area contributed by atoms with Crippen LogP contribution in [0.1, 0.15) is 26.3 Å². The third kappa shape index (κ3) is 3.77. The summed E-state index contributed by atoms with van der Waals surface area (Å²) < 4.78 is 25.9. The van der Waals surface area contributed by atoms with Crippen molar-refractivity contribution < 1.29 is 8.78 Å². The zero-order valence-electron chi connectivity index (χ0n) is 10.9. The maximum absolute atomic E-state index is 13.1. The topological polar surface area (TPSA) is 12.0 Å². The molecule has 0 fully saturated rings. The minimum Gasteiger partial charge on any atom is -0.316 e. The standard InChI is InChI=1S/C14H21F2N/c1-9(2)10(3)14(17-4)8-11-5-6-12(15)13(16)7-11/h5-7,9-10,14,17H,8H2,1-4H3. The third-order valence-corrected chi connectivity index (χ3v) is 3.50. The molecular formula is C14H21F2N. The fourth-order valence-corrected chi connectivity index (χ4v) is 1.94. The predicted octanol–water partition coefficient (Wildman–Crippen LogP) is 3.39. The van der Waals surface area contributed by atoms with Gasteiger partial charge in [0.25, 0.3) is 0 Å². The van der Waals surface area contributed by atoms with Crippen LogP contribution in [0.15, 0.2) is 18.2 Å². The van der Waals surface area contributed by atoms with Crippen molar-refractivity contribution in [3.8, 4) is 0 Å². The molecule has 0 amide bonds. The molecule has 0 aliphatic carbocycles. The van der Waals surface area contributed by atoms with Gasteiger partial charge in [0.05, 0.1) is 0 Å². The van der Waals surface area contributed by atoms with E-state index >= 15 is 0 Å². The van der Waals surface area contributed by atoms with Crippen molar-refractivity contribution in [2.45, 2.75) is 33.2 Å². The first-order chi connectivity index (χ1) is 7.95. The van der Waals surface area contributed by atoms with Gasteiger partial charge in [0.2, 0.25) is 0 Å². The third-order valence-electron chi connectivity index (χ3n) is 3.50. The molecule has 0 heterocycles. The van der Waals surface area contributed by atoms with Crippen LogP contribution in [0.5, 0.6) is 0 Å². The van der Waals surface area contributed by atoms with Gasteiger partial charge >= 0.3 is 0 Å². The van der Waals surface area contributed by atoms with Gasteiger partial charge in [-0.05, 0) is 43.0 Å². The van der Waals surface area contributed by atoms with Crippen molar-refractivity contribution in [3.05, 3.63) is 35.4 Å². The Hall–Kier alpha value is -0.960. The van der Waals surface area contributed by atoms with Crippen LogP contribution in [-0.4, -0.2) is 13.1 Å². The van der Waals surface area contributed by atoms with E-state index in [0.717, 1.165) is 5.56 Å². The molecule has 0 aromatic heterocycles. The van der Waals surface area contributed by atoms with Crippen LogP contribution in [0.2, 0.25) is 0 Å². The van der Waals surface area contributed by atoms with E-state index in [-0.39, 0.29) is 6.04 Å². The minimum absolute atomic E-state index is 0.278. The average molecular weight is 241 g/mol. The number of hydrogen-bond donors (Lipinski definition) is 1. The smallest absolute Gasteiger partial charge is 0.159 e. The molecule has 0 saturated carbocycles. The second-order valence-electron chi connectivity index (χ2n) is 4.95. The molecule has 1 aromatic carbocycles. The second kappa shape index (κ2) is 6.10. The average Bonchev–Trinajstić information content (AvgIpc) is 2.29. The summed E-state index contributed by atoms with van der Waals surface area (Å²) in [6.45, 7) is 6.51. The SMILES string of the molecule is CNC(Cc1ccc(F)c(F)c1)C(C)C(C)C. The number of likely N-dealkylation sites (N-methyl/N-ethyl adjacent to an activating group) is 1. The van der Waals surface area contributed by atoms with Crippen LogP contribution in [-0.2, 0) is 6.42 Å². The Labute approximate surface area is 102 Å². The van der Waals surface area contributed by atoms with E-state index in [4.69, 9.17) is 0 Å². The predicted molar refractivity (Wildman–Crippen MR) is 66.9 cm³/mol. The molecule has 96 valence electrons. The lowest BCUT2D eigenvalue weighted by atomic mass is 9.87. The highest BCUT2D eigenvalue weighted by molar-refractivity contribution is 5.19. The Morgan fingerprint density at radius 2 is 1.76 bits per heavy atom. The van der Waals surface area contributed by atoms with Gasteiger partial charge in [0.1, 0.15) is 0 Å². The highest BCUT2D eigenvalue weighted by Crippen LogP contribution is 2.19. The summed E-state index contributed by atoms with van der Waals surface area (Å²) in [5.74, 6) is -0.521. The molecule has 0 radical (unpaired) electrons. The molecule has 3 heteroatoms. The molecule has 0 bridgehead atoms. The van der Waals surface area contributed by atoms with Gasteiger partial charge in [0, 0.05) is 6.04 Å². The maximum Gasteiger partial charge on any atom is 0.159 e. The van der Waals surface area contributed by atoms with Gasteiger partial charge in [-0.15, -0.1) is 0 Å². The minimum atomic E-state index is -0.785. The number of rotatable bonds is 5. The highest BCUT2D eigenvalue weighted by atomic mass is 19.2. The fraction of sp³-hybridized carbons (Fsp3) is 0.571. The van der Waals surface area contributed by atoms with Crippen molar-refractivity contribution in [2.24, 2.45) is 11.8 Å². The van der Waals surface area contributed by atoms with Gasteiger partial charge in [-0.3, -0.25) is 0 Å². The van der Waals surface area contributed by atoms with E-state index in [0.29, 0.717) is 18.3 Å². The van der Waals surface area contributed by atoms with Crippen LogP contribution in [0.4, 0.5) is 8.78 Å². The first-order valence-corrected chi connectivity index (χ1v) is 6.07. The summed E-state index contributed by atoms with van der Waals surface area (Å²) in [7, 11) is 1.91. The number of benzene rings is 1. The lowest BCUT2D eigenvalue weighted by molar-refractivity contribution is 0.309. The Kier molecular flexibility index (Phi) is 5.06. The Morgan fingerprint density at radius 1 is 1.12 bits per heavy atom. The van der Waals surface area contributed by atoms with E-state index < -0.39 is 11.6 Å². The summed E-state index contributed by atoms with van der Waals surface area (Å²) in [6, 6.07) is 4.40. The summed E-state index contributed by atoms with van der Waals surface area (Å²) in [4.78, 5) is 0. The molecule has 2 unspecified atom stereocenters. The van der Waals surface area contributed by atoms with E-state index in [1.165, 1.54) is 12.1 Å². The molecule has 0 saturated heterocycles. The lowest BCUT2D eigenvalue weighted by Crippen LogP contribution is -2.36. The van der Waals surface area contributed by atoms with Gasteiger partial charge in [-0.25, -0.2) is 8.78 Å². The Balaban J connectivity index is 2.77. The molecule has 0 spiro atoms. The highest BCUT2D eigenvalue weighted by Gasteiger charge is 2.19. The molecule has 2 atom stereocenters. The van der Waals surface area contributed by atoms with Crippen molar-refractivity contribution >= 4 is 0 Å². The monoisotopic (exact) mass is 241 g/mol. The lowest BCUT2D eigenvalue weighted by Gasteiger charge is -2.26. The van der Waals surface area contributed by atoms with E-state index in [1.54, 1.807) is 6.07 Å². The Morgan fingerprint density at radius 3 is 2.24 bits per heavy atom. The first kappa shape index (κ1) is 14.1. The van der Waals surface area contributed by atoms with Gasteiger partial charge < -0.3 is 5.32 Å². The molecular weight excluding hydrogens is 220 g/mol. The van der Waals surface area contributed by atoms with Gasteiger partial charge in [-0.1, -0.05) is 26.8 Å². The largest absolute Gasteiger partial charge is 0.316 e. The number of nitrogens with one attached hydrogen (secondary N) is 1. The summed E-state index contributed by atoms with van der Waals surface area (Å²) in [5, 5.41) is 3.25. The molecule has 1 N–H and O–H groups in total. The fourth-order valence-electron chi connectivity index (χ4n) is 1.94. The zero-order chi connectivity index (χ0) is 13.0. The normalized spacial score (nSPS) is 15.0. The van der Waals surface area contributed by atoms with Crippen LogP contribution in [0.3, 0.4) is 0 Å². The van der Waals surface area contributed by atoms with E-state index in [9.17, 15) is 8.78 Å². The zero-order valence-corrected chi connectivity index (χ0v) is 10.9. The van der Waals surface area contributed by atoms with E-state index in [2.05, 4.69) is 26.1 Å². The first-order valence-electron chi connectivity index (χ1n) is 6.07. The van der Waals surface area contributed by atoms with Gasteiger partial charge in [0.15, 0.2) is 11.6 Å². The molecule has 17 heavy (non-hydrogen) atoms. The van der Waals surface area contributed by atoms with Gasteiger partial charge in [-0.2, -0.15) is 0 Å². The molecule has 0 aliphatic heterocycles.